The number of halogens is 1. The van der Waals surface area contributed by atoms with Gasteiger partial charge in [-0.25, -0.2) is 4.68 Å². The Bertz CT molecular complexity index is 1000. The van der Waals surface area contributed by atoms with Crippen LogP contribution < -0.4 is 10.6 Å². The van der Waals surface area contributed by atoms with Gasteiger partial charge in [-0.15, -0.1) is 0 Å². The maximum absolute atomic E-state index is 12.6. The Hall–Kier alpha value is -3.12. The van der Waals surface area contributed by atoms with Crippen LogP contribution in [0.2, 0.25) is 5.02 Å². The number of carbonyl (C=O) groups excluding carboxylic acids is 2. The van der Waals surface area contributed by atoms with Gasteiger partial charge in [-0.1, -0.05) is 48.9 Å². The summed E-state index contributed by atoms with van der Waals surface area (Å²) in [5.41, 5.74) is 3.23. The van der Waals surface area contributed by atoms with Crippen molar-refractivity contribution in [1.82, 2.24) is 20.4 Å². The van der Waals surface area contributed by atoms with Gasteiger partial charge in [-0.2, -0.15) is 5.10 Å². The van der Waals surface area contributed by atoms with Gasteiger partial charge >= 0.3 is 0 Å². The summed E-state index contributed by atoms with van der Waals surface area (Å²) in [4.78, 5) is 24.7. The first-order valence-electron chi connectivity index (χ1n) is 9.95. The van der Waals surface area contributed by atoms with Crippen molar-refractivity contribution < 1.29 is 9.59 Å². The maximum atomic E-state index is 12.6. The summed E-state index contributed by atoms with van der Waals surface area (Å²) in [7, 11) is 0. The standard InChI is InChI=1S/C23H25ClN4O2/c1-3-13-25-23(30)16(2)26-21(29)14-18-15-28(20-7-5-4-6-8-20)27-22(18)17-9-11-19(24)12-10-17/h4-12,15-16H,3,13-14H2,1-2H3,(H,25,30)(H,26,29)/t16-/m0/s1. The average molecular weight is 425 g/mol. The Kier molecular flexibility index (Phi) is 7.25. The molecule has 3 aromatic rings. The van der Waals surface area contributed by atoms with E-state index in [2.05, 4.69) is 10.6 Å². The van der Waals surface area contributed by atoms with Gasteiger partial charge in [0.15, 0.2) is 0 Å². The van der Waals surface area contributed by atoms with Gasteiger partial charge in [-0.05, 0) is 37.6 Å². The van der Waals surface area contributed by atoms with Crippen molar-refractivity contribution in [3.8, 4) is 16.9 Å². The Morgan fingerprint density at radius 1 is 1.10 bits per heavy atom. The van der Waals surface area contributed by atoms with Crippen molar-refractivity contribution in [1.29, 1.82) is 0 Å². The van der Waals surface area contributed by atoms with Crippen molar-refractivity contribution in [3.05, 3.63) is 71.4 Å². The minimum Gasteiger partial charge on any atom is -0.354 e. The van der Waals surface area contributed by atoms with Crippen LogP contribution in [0.4, 0.5) is 0 Å². The van der Waals surface area contributed by atoms with Crippen LogP contribution in [-0.4, -0.2) is 34.2 Å². The molecule has 30 heavy (non-hydrogen) atoms. The summed E-state index contributed by atoms with van der Waals surface area (Å²) < 4.78 is 1.75. The van der Waals surface area contributed by atoms with Crippen molar-refractivity contribution in [2.75, 3.05) is 6.54 Å². The van der Waals surface area contributed by atoms with Gasteiger partial charge in [0.05, 0.1) is 17.8 Å². The molecule has 7 heteroatoms. The average Bonchev–Trinajstić information content (AvgIpc) is 3.16. The molecule has 1 heterocycles. The Morgan fingerprint density at radius 2 is 1.80 bits per heavy atom. The Labute approximate surface area is 181 Å². The van der Waals surface area contributed by atoms with Crippen LogP contribution in [0.1, 0.15) is 25.8 Å². The molecule has 0 aliphatic heterocycles. The molecule has 6 nitrogen and oxygen atoms in total. The summed E-state index contributed by atoms with van der Waals surface area (Å²) in [6.07, 6.45) is 2.80. The number of para-hydroxylation sites is 1. The molecule has 2 aromatic carbocycles. The van der Waals surface area contributed by atoms with Crippen molar-refractivity contribution in [2.24, 2.45) is 0 Å². The van der Waals surface area contributed by atoms with Crippen LogP contribution in [0.25, 0.3) is 16.9 Å². The van der Waals surface area contributed by atoms with Gasteiger partial charge in [0, 0.05) is 28.9 Å². The second-order valence-electron chi connectivity index (χ2n) is 7.05. The first-order valence-corrected chi connectivity index (χ1v) is 10.3. The number of rotatable bonds is 8. The Balaban J connectivity index is 1.83. The topological polar surface area (TPSA) is 76.0 Å². The van der Waals surface area contributed by atoms with Crippen LogP contribution in [-0.2, 0) is 16.0 Å². The summed E-state index contributed by atoms with van der Waals surface area (Å²) in [5, 5.41) is 10.9. The van der Waals surface area contributed by atoms with E-state index in [4.69, 9.17) is 16.7 Å². The highest BCUT2D eigenvalue weighted by Gasteiger charge is 2.19. The van der Waals surface area contributed by atoms with Crippen LogP contribution in [0, 0.1) is 0 Å². The lowest BCUT2D eigenvalue weighted by atomic mass is 10.1. The zero-order chi connectivity index (χ0) is 21.5. The van der Waals surface area contributed by atoms with Crippen molar-refractivity contribution in [3.63, 3.8) is 0 Å². The van der Waals surface area contributed by atoms with E-state index in [-0.39, 0.29) is 18.2 Å². The molecule has 0 fully saturated rings. The molecule has 0 aliphatic carbocycles. The fourth-order valence-electron chi connectivity index (χ4n) is 3.04. The van der Waals surface area contributed by atoms with Gasteiger partial charge < -0.3 is 10.6 Å². The zero-order valence-electron chi connectivity index (χ0n) is 17.1. The van der Waals surface area contributed by atoms with Crippen LogP contribution in [0.5, 0.6) is 0 Å². The fourth-order valence-corrected chi connectivity index (χ4v) is 3.16. The summed E-state index contributed by atoms with van der Waals surface area (Å²) in [5.74, 6) is -0.430. The number of carbonyl (C=O) groups is 2. The molecule has 2 amide bonds. The molecule has 0 spiro atoms. The monoisotopic (exact) mass is 424 g/mol. The van der Waals surface area contributed by atoms with E-state index in [1.165, 1.54) is 0 Å². The van der Waals surface area contributed by atoms with E-state index in [9.17, 15) is 9.59 Å². The highest BCUT2D eigenvalue weighted by atomic mass is 35.5. The third kappa shape index (κ3) is 5.48. The Morgan fingerprint density at radius 3 is 2.47 bits per heavy atom. The van der Waals surface area contributed by atoms with Crippen LogP contribution in [0.15, 0.2) is 60.8 Å². The molecule has 0 unspecified atom stereocenters. The number of amides is 2. The van der Waals surface area contributed by atoms with Gasteiger partial charge in [0.2, 0.25) is 11.8 Å². The lowest BCUT2D eigenvalue weighted by molar-refractivity contribution is -0.128. The lowest BCUT2D eigenvalue weighted by Crippen LogP contribution is -2.45. The normalized spacial score (nSPS) is 11.7. The first-order chi connectivity index (χ1) is 14.5. The summed E-state index contributed by atoms with van der Waals surface area (Å²) in [6, 6.07) is 16.4. The minimum absolute atomic E-state index is 0.107. The second kappa shape index (κ2) is 10.1. The quantitative estimate of drug-likeness (QED) is 0.578. The number of hydrogen-bond acceptors (Lipinski definition) is 3. The molecule has 3 rings (SSSR count). The fraction of sp³-hybridized carbons (Fsp3) is 0.261. The summed E-state index contributed by atoms with van der Waals surface area (Å²) >= 11 is 6.02. The molecular weight excluding hydrogens is 400 g/mol. The predicted molar refractivity (Wildman–Crippen MR) is 119 cm³/mol. The number of nitrogens with one attached hydrogen (secondary N) is 2. The molecule has 0 saturated carbocycles. The lowest BCUT2D eigenvalue weighted by Gasteiger charge is -2.13. The number of nitrogens with zero attached hydrogens (tertiary/aromatic N) is 2. The van der Waals surface area contributed by atoms with Crippen molar-refractivity contribution in [2.45, 2.75) is 32.7 Å². The molecular formula is C23H25ClN4O2. The van der Waals surface area contributed by atoms with Gasteiger partial charge in [-0.3, -0.25) is 9.59 Å². The summed E-state index contributed by atoms with van der Waals surface area (Å²) in [6.45, 7) is 4.24. The molecule has 0 aliphatic rings. The van der Waals surface area contributed by atoms with E-state index >= 15 is 0 Å². The molecule has 2 N–H and O–H groups in total. The molecule has 0 bridgehead atoms. The van der Waals surface area contributed by atoms with E-state index in [1.807, 2.05) is 55.6 Å². The molecule has 1 atom stereocenters. The number of benzene rings is 2. The third-order valence-electron chi connectivity index (χ3n) is 4.60. The SMILES string of the molecule is CCCNC(=O)[C@H](C)NC(=O)Cc1cn(-c2ccccc2)nc1-c1ccc(Cl)cc1. The van der Waals surface area contributed by atoms with E-state index in [0.717, 1.165) is 23.2 Å². The van der Waals surface area contributed by atoms with Crippen LogP contribution >= 0.6 is 11.6 Å². The van der Waals surface area contributed by atoms with Crippen molar-refractivity contribution >= 4 is 23.4 Å². The van der Waals surface area contributed by atoms with E-state index in [1.54, 1.807) is 23.7 Å². The van der Waals surface area contributed by atoms with Gasteiger partial charge in [0.1, 0.15) is 6.04 Å². The predicted octanol–water partition coefficient (Wildman–Crippen LogP) is 3.77. The zero-order valence-corrected chi connectivity index (χ0v) is 17.8. The second-order valence-corrected chi connectivity index (χ2v) is 7.48. The number of aromatic nitrogens is 2. The van der Waals surface area contributed by atoms with E-state index in [0.29, 0.717) is 17.3 Å². The van der Waals surface area contributed by atoms with Gasteiger partial charge in [0.25, 0.3) is 0 Å². The minimum atomic E-state index is -0.604. The molecule has 1 aromatic heterocycles. The maximum Gasteiger partial charge on any atom is 0.242 e. The highest BCUT2D eigenvalue weighted by molar-refractivity contribution is 6.30. The molecule has 0 radical (unpaired) electrons. The van der Waals surface area contributed by atoms with E-state index < -0.39 is 6.04 Å². The smallest absolute Gasteiger partial charge is 0.242 e. The third-order valence-corrected chi connectivity index (χ3v) is 4.85. The molecule has 156 valence electrons. The highest BCUT2D eigenvalue weighted by Crippen LogP contribution is 2.25. The first kappa shape index (κ1) is 21.6. The molecule has 0 saturated heterocycles. The largest absolute Gasteiger partial charge is 0.354 e. The number of hydrogen-bond donors (Lipinski definition) is 2. The van der Waals surface area contributed by atoms with Crippen LogP contribution in [0.3, 0.4) is 0 Å².